The molecular formula is C14H13BrFNO. The number of hydrogen-bond acceptors (Lipinski definition) is 2. The summed E-state index contributed by atoms with van der Waals surface area (Å²) in [6.45, 7) is 2.04. The van der Waals surface area contributed by atoms with Gasteiger partial charge < -0.3 is 10.5 Å². The Kier molecular flexibility index (Phi) is 3.87. The van der Waals surface area contributed by atoms with E-state index in [2.05, 4.69) is 15.9 Å². The maximum atomic E-state index is 13.5. The van der Waals surface area contributed by atoms with Crippen LogP contribution in [0.1, 0.15) is 12.5 Å². The fourth-order valence-corrected chi connectivity index (χ4v) is 2.01. The lowest BCUT2D eigenvalue weighted by molar-refractivity contribution is 0.473. The highest BCUT2D eigenvalue weighted by Crippen LogP contribution is 2.33. The van der Waals surface area contributed by atoms with Crippen LogP contribution in [0, 0.1) is 5.82 Å². The number of hydrogen-bond donors (Lipinski definition) is 1. The zero-order valence-corrected chi connectivity index (χ0v) is 11.5. The second kappa shape index (κ2) is 5.40. The molecule has 0 fully saturated rings. The second-order valence-corrected chi connectivity index (χ2v) is 4.72. The molecule has 0 aromatic heterocycles. The third-order valence-corrected chi connectivity index (χ3v) is 3.23. The SMILES string of the molecule is CCc1ccccc1Oc1cc(F)c(Br)cc1N. The van der Waals surface area contributed by atoms with Crippen LogP contribution in [0.3, 0.4) is 0 Å². The van der Waals surface area contributed by atoms with E-state index < -0.39 is 5.82 Å². The van der Waals surface area contributed by atoms with Gasteiger partial charge in [0.15, 0.2) is 5.75 Å². The van der Waals surface area contributed by atoms with Crippen molar-refractivity contribution in [1.29, 1.82) is 0 Å². The van der Waals surface area contributed by atoms with E-state index in [1.165, 1.54) is 12.1 Å². The molecule has 2 aromatic rings. The maximum absolute atomic E-state index is 13.5. The molecule has 0 radical (unpaired) electrons. The van der Waals surface area contributed by atoms with Crippen LogP contribution in [0.4, 0.5) is 10.1 Å². The molecule has 0 amide bonds. The van der Waals surface area contributed by atoms with Gasteiger partial charge in [-0.25, -0.2) is 4.39 Å². The summed E-state index contributed by atoms with van der Waals surface area (Å²) >= 11 is 3.08. The van der Waals surface area contributed by atoms with Crippen molar-refractivity contribution in [3.05, 3.63) is 52.3 Å². The van der Waals surface area contributed by atoms with Crippen molar-refractivity contribution in [2.75, 3.05) is 5.73 Å². The summed E-state index contributed by atoms with van der Waals surface area (Å²) in [7, 11) is 0. The van der Waals surface area contributed by atoms with Gasteiger partial charge in [0.05, 0.1) is 10.2 Å². The van der Waals surface area contributed by atoms with Gasteiger partial charge in [0.2, 0.25) is 0 Å². The van der Waals surface area contributed by atoms with Crippen LogP contribution in [0.15, 0.2) is 40.9 Å². The van der Waals surface area contributed by atoms with Crippen molar-refractivity contribution in [2.24, 2.45) is 0 Å². The summed E-state index contributed by atoms with van der Waals surface area (Å²) in [4.78, 5) is 0. The van der Waals surface area contributed by atoms with Crippen molar-refractivity contribution in [3.63, 3.8) is 0 Å². The normalized spacial score (nSPS) is 10.4. The first kappa shape index (κ1) is 12.9. The van der Waals surface area contributed by atoms with Crippen molar-refractivity contribution in [1.82, 2.24) is 0 Å². The molecule has 0 unspecified atom stereocenters. The lowest BCUT2D eigenvalue weighted by Gasteiger charge is -2.12. The number of halogens is 2. The first-order chi connectivity index (χ1) is 8.61. The minimum atomic E-state index is -0.395. The quantitative estimate of drug-likeness (QED) is 0.846. The number of ether oxygens (including phenoxy) is 1. The Labute approximate surface area is 114 Å². The molecule has 0 saturated heterocycles. The standard InChI is InChI=1S/C14H13BrFNO/c1-2-9-5-3-4-6-13(9)18-14-8-11(16)10(15)7-12(14)17/h3-8H,2,17H2,1H3. The van der Waals surface area contributed by atoms with Gasteiger partial charge in [-0.05, 0) is 40.0 Å². The van der Waals surface area contributed by atoms with Crippen LogP contribution in [0.25, 0.3) is 0 Å². The third-order valence-electron chi connectivity index (χ3n) is 2.63. The van der Waals surface area contributed by atoms with E-state index in [1.807, 2.05) is 31.2 Å². The molecule has 2 rings (SSSR count). The van der Waals surface area contributed by atoms with Gasteiger partial charge in [0.1, 0.15) is 11.6 Å². The number of aryl methyl sites for hydroxylation is 1. The molecule has 2 aromatic carbocycles. The highest BCUT2D eigenvalue weighted by molar-refractivity contribution is 9.10. The summed E-state index contributed by atoms with van der Waals surface area (Å²) in [5.41, 5.74) is 7.26. The van der Waals surface area contributed by atoms with Crippen molar-refractivity contribution in [3.8, 4) is 11.5 Å². The molecule has 0 aliphatic rings. The number of anilines is 1. The van der Waals surface area contributed by atoms with E-state index in [9.17, 15) is 4.39 Å². The number of nitrogen functional groups attached to an aromatic ring is 1. The minimum Gasteiger partial charge on any atom is -0.455 e. The number of benzene rings is 2. The van der Waals surface area contributed by atoms with Crippen molar-refractivity contribution >= 4 is 21.6 Å². The van der Waals surface area contributed by atoms with Gasteiger partial charge in [-0.3, -0.25) is 0 Å². The first-order valence-electron chi connectivity index (χ1n) is 5.62. The second-order valence-electron chi connectivity index (χ2n) is 3.87. The Morgan fingerprint density at radius 1 is 1.22 bits per heavy atom. The summed E-state index contributed by atoms with van der Waals surface area (Å²) in [6.07, 6.45) is 0.842. The van der Waals surface area contributed by atoms with Gasteiger partial charge in [0.25, 0.3) is 0 Å². The molecule has 0 spiro atoms. The average Bonchev–Trinajstić information content (AvgIpc) is 2.36. The predicted octanol–water partition coefficient (Wildman–Crippen LogP) is 4.53. The molecule has 0 aliphatic heterocycles. The molecule has 0 bridgehead atoms. The molecule has 0 aliphatic carbocycles. The van der Waals surface area contributed by atoms with Gasteiger partial charge in [0, 0.05) is 6.07 Å². The fraction of sp³-hybridized carbons (Fsp3) is 0.143. The maximum Gasteiger partial charge on any atom is 0.153 e. The molecule has 0 heterocycles. The van der Waals surface area contributed by atoms with Crippen LogP contribution >= 0.6 is 15.9 Å². The van der Waals surface area contributed by atoms with E-state index in [0.29, 0.717) is 21.7 Å². The lowest BCUT2D eigenvalue weighted by Crippen LogP contribution is -1.96. The summed E-state index contributed by atoms with van der Waals surface area (Å²) in [5.74, 6) is 0.637. The summed E-state index contributed by atoms with van der Waals surface area (Å²) in [5, 5.41) is 0. The van der Waals surface area contributed by atoms with Crippen LogP contribution in [-0.2, 0) is 6.42 Å². The molecule has 4 heteroatoms. The van der Waals surface area contributed by atoms with E-state index in [-0.39, 0.29) is 0 Å². The number of nitrogens with two attached hydrogens (primary N) is 1. The number of para-hydroxylation sites is 1. The van der Waals surface area contributed by atoms with Crippen molar-refractivity contribution < 1.29 is 9.13 Å². The molecule has 0 saturated carbocycles. The largest absolute Gasteiger partial charge is 0.455 e. The fourth-order valence-electron chi connectivity index (χ4n) is 1.65. The molecule has 2 N–H and O–H groups in total. The monoisotopic (exact) mass is 309 g/mol. The third kappa shape index (κ3) is 2.64. The summed E-state index contributed by atoms with van der Waals surface area (Å²) in [6, 6.07) is 10.4. The van der Waals surface area contributed by atoms with Crippen molar-refractivity contribution in [2.45, 2.75) is 13.3 Å². The van der Waals surface area contributed by atoms with E-state index in [0.717, 1.165) is 12.0 Å². The zero-order chi connectivity index (χ0) is 13.1. The van der Waals surface area contributed by atoms with Gasteiger partial charge in [-0.15, -0.1) is 0 Å². The van der Waals surface area contributed by atoms with Crippen LogP contribution in [0.2, 0.25) is 0 Å². The topological polar surface area (TPSA) is 35.2 Å². The molecule has 2 nitrogen and oxygen atoms in total. The molecule has 18 heavy (non-hydrogen) atoms. The zero-order valence-electron chi connectivity index (χ0n) is 9.91. The predicted molar refractivity (Wildman–Crippen MR) is 74.4 cm³/mol. The highest BCUT2D eigenvalue weighted by atomic mass is 79.9. The Morgan fingerprint density at radius 2 is 1.94 bits per heavy atom. The van der Waals surface area contributed by atoms with E-state index in [1.54, 1.807) is 0 Å². The average molecular weight is 310 g/mol. The molecule has 0 atom stereocenters. The Bertz CT molecular complexity index is 572. The van der Waals surface area contributed by atoms with Crippen LogP contribution in [-0.4, -0.2) is 0 Å². The molecular weight excluding hydrogens is 297 g/mol. The Balaban J connectivity index is 2.37. The number of rotatable bonds is 3. The van der Waals surface area contributed by atoms with E-state index in [4.69, 9.17) is 10.5 Å². The smallest absolute Gasteiger partial charge is 0.153 e. The van der Waals surface area contributed by atoms with E-state index >= 15 is 0 Å². The molecule has 94 valence electrons. The highest BCUT2D eigenvalue weighted by Gasteiger charge is 2.09. The van der Waals surface area contributed by atoms with Gasteiger partial charge in [-0.1, -0.05) is 25.1 Å². The lowest BCUT2D eigenvalue weighted by atomic mass is 10.1. The van der Waals surface area contributed by atoms with Crippen LogP contribution in [0.5, 0.6) is 11.5 Å². The Morgan fingerprint density at radius 3 is 2.67 bits per heavy atom. The van der Waals surface area contributed by atoms with Gasteiger partial charge >= 0.3 is 0 Å². The van der Waals surface area contributed by atoms with Crippen LogP contribution < -0.4 is 10.5 Å². The Hall–Kier alpha value is -1.55. The summed E-state index contributed by atoms with van der Waals surface area (Å²) < 4.78 is 19.5. The minimum absolute atomic E-state index is 0.330. The van der Waals surface area contributed by atoms with Gasteiger partial charge in [-0.2, -0.15) is 0 Å². The first-order valence-corrected chi connectivity index (χ1v) is 6.41.